The quantitative estimate of drug-likeness (QED) is 0.816. The van der Waals surface area contributed by atoms with Crippen molar-refractivity contribution in [3.63, 3.8) is 0 Å². The molecule has 1 heterocycles. The van der Waals surface area contributed by atoms with Crippen molar-refractivity contribution in [2.75, 3.05) is 5.73 Å². The first kappa shape index (κ1) is 12.0. The Hall–Kier alpha value is -1.03. The van der Waals surface area contributed by atoms with Crippen LogP contribution < -0.4 is 5.73 Å². The van der Waals surface area contributed by atoms with Crippen LogP contribution in [0, 0.1) is 0 Å². The van der Waals surface area contributed by atoms with E-state index in [1.165, 1.54) is 11.3 Å². The zero-order valence-corrected chi connectivity index (χ0v) is 10.4. The summed E-state index contributed by atoms with van der Waals surface area (Å²) < 4.78 is 0. The van der Waals surface area contributed by atoms with E-state index in [-0.39, 0.29) is 10.3 Å². The van der Waals surface area contributed by atoms with Crippen LogP contribution in [0.15, 0.2) is 0 Å². The lowest BCUT2D eigenvalue weighted by molar-refractivity contribution is 0.0703. The van der Waals surface area contributed by atoms with Gasteiger partial charge in [0.25, 0.3) is 0 Å². The predicted molar refractivity (Wildman–Crippen MR) is 63.8 cm³/mol. The average Bonchev–Trinajstić information content (AvgIpc) is 2.41. The van der Waals surface area contributed by atoms with Gasteiger partial charge in [0.2, 0.25) is 0 Å². The lowest BCUT2D eigenvalue weighted by atomic mass is 9.90. The van der Waals surface area contributed by atoms with Gasteiger partial charge in [0.1, 0.15) is 4.88 Å². The van der Waals surface area contributed by atoms with Crippen LogP contribution in [-0.4, -0.2) is 11.1 Å². The molecule has 0 aliphatic carbocycles. The third-order valence-electron chi connectivity index (χ3n) is 2.28. The van der Waals surface area contributed by atoms with E-state index in [2.05, 4.69) is 20.8 Å². The number of nitrogen functional groups attached to an aromatic ring is 1. The van der Waals surface area contributed by atoms with Crippen molar-refractivity contribution in [3.05, 3.63) is 15.3 Å². The molecular weight excluding hydrogens is 210 g/mol. The number of aromatic carboxylic acids is 1. The van der Waals surface area contributed by atoms with Crippen LogP contribution >= 0.6 is 11.3 Å². The van der Waals surface area contributed by atoms with Crippen molar-refractivity contribution in [1.29, 1.82) is 0 Å². The van der Waals surface area contributed by atoms with Crippen LogP contribution in [0.4, 0.5) is 5.69 Å². The number of carboxylic acids is 1. The second kappa shape index (κ2) is 3.85. The van der Waals surface area contributed by atoms with Crippen molar-refractivity contribution in [3.8, 4) is 0 Å². The molecule has 0 aliphatic rings. The van der Waals surface area contributed by atoms with Crippen molar-refractivity contribution < 1.29 is 9.90 Å². The lowest BCUT2D eigenvalue weighted by Crippen LogP contribution is -2.11. The predicted octanol–water partition coefficient (Wildman–Crippen LogP) is 2.89. The van der Waals surface area contributed by atoms with E-state index < -0.39 is 5.97 Å². The second-order valence-electron chi connectivity index (χ2n) is 4.56. The summed E-state index contributed by atoms with van der Waals surface area (Å²) in [4.78, 5) is 12.3. The number of nitrogens with two attached hydrogens (primary N) is 1. The molecule has 15 heavy (non-hydrogen) atoms. The van der Waals surface area contributed by atoms with Gasteiger partial charge in [0.15, 0.2) is 0 Å². The molecule has 1 aromatic rings. The molecule has 0 radical (unpaired) electrons. The monoisotopic (exact) mass is 227 g/mol. The summed E-state index contributed by atoms with van der Waals surface area (Å²) in [6.45, 7) is 8.22. The van der Waals surface area contributed by atoms with E-state index in [9.17, 15) is 4.79 Å². The van der Waals surface area contributed by atoms with Crippen LogP contribution in [-0.2, 0) is 11.8 Å². The molecule has 1 aromatic heterocycles. The van der Waals surface area contributed by atoms with Gasteiger partial charge in [-0.25, -0.2) is 4.79 Å². The Morgan fingerprint density at radius 3 is 2.27 bits per heavy atom. The maximum absolute atomic E-state index is 11.0. The number of rotatable bonds is 2. The highest BCUT2D eigenvalue weighted by molar-refractivity contribution is 7.15. The first-order valence-electron chi connectivity index (χ1n) is 4.94. The molecule has 3 N–H and O–H groups in total. The second-order valence-corrected chi connectivity index (χ2v) is 5.58. The van der Waals surface area contributed by atoms with Crippen LogP contribution in [0.1, 0.15) is 47.8 Å². The van der Waals surface area contributed by atoms with E-state index in [4.69, 9.17) is 10.8 Å². The van der Waals surface area contributed by atoms with Crippen molar-refractivity contribution in [1.82, 2.24) is 0 Å². The van der Waals surface area contributed by atoms with E-state index in [1.807, 2.05) is 6.92 Å². The molecule has 3 nitrogen and oxygen atoms in total. The topological polar surface area (TPSA) is 63.3 Å². The minimum Gasteiger partial charge on any atom is -0.477 e. The van der Waals surface area contributed by atoms with Gasteiger partial charge in [-0.1, -0.05) is 27.7 Å². The maximum Gasteiger partial charge on any atom is 0.348 e. The van der Waals surface area contributed by atoms with Crippen LogP contribution in [0.5, 0.6) is 0 Å². The number of hydrogen-bond donors (Lipinski definition) is 2. The molecular formula is C11H17NO2S. The van der Waals surface area contributed by atoms with Crippen LogP contribution in [0.25, 0.3) is 0 Å². The summed E-state index contributed by atoms with van der Waals surface area (Å²) in [7, 11) is 0. The van der Waals surface area contributed by atoms with Crippen molar-refractivity contribution in [2.24, 2.45) is 0 Å². The van der Waals surface area contributed by atoms with Crippen LogP contribution in [0.3, 0.4) is 0 Å². The first-order chi connectivity index (χ1) is 6.79. The first-order valence-corrected chi connectivity index (χ1v) is 5.75. The highest BCUT2D eigenvalue weighted by Crippen LogP contribution is 2.39. The third-order valence-corrected chi connectivity index (χ3v) is 3.94. The molecule has 0 fully saturated rings. The van der Waals surface area contributed by atoms with Gasteiger partial charge >= 0.3 is 5.97 Å². The fourth-order valence-corrected chi connectivity index (χ4v) is 2.80. The zero-order chi connectivity index (χ0) is 11.8. The van der Waals surface area contributed by atoms with Crippen molar-refractivity contribution in [2.45, 2.75) is 39.5 Å². The SMILES string of the molecule is CCc1c(C(C)(C)C)sc(C(=O)O)c1N. The molecule has 0 saturated heterocycles. The molecule has 1 rings (SSSR count). The Morgan fingerprint density at radius 1 is 1.47 bits per heavy atom. The number of hydrogen-bond acceptors (Lipinski definition) is 3. The van der Waals surface area contributed by atoms with Crippen molar-refractivity contribution >= 4 is 23.0 Å². The van der Waals surface area contributed by atoms with Gasteiger partial charge in [-0.3, -0.25) is 0 Å². The Balaban J connectivity index is 3.41. The van der Waals surface area contributed by atoms with E-state index >= 15 is 0 Å². The molecule has 84 valence electrons. The van der Waals surface area contributed by atoms with Gasteiger partial charge in [-0.2, -0.15) is 0 Å². The average molecular weight is 227 g/mol. The highest BCUT2D eigenvalue weighted by atomic mass is 32.1. The Morgan fingerprint density at radius 2 is 2.00 bits per heavy atom. The summed E-state index contributed by atoms with van der Waals surface area (Å²) in [5.74, 6) is -0.928. The third kappa shape index (κ3) is 2.15. The molecule has 0 amide bonds. The Labute approximate surface area is 93.9 Å². The minimum atomic E-state index is -0.928. The number of thiophene rings is 1. The molecule has 0 aromatic carbocycles. The molecule has 4 heteroatoms. The standard InChI is InChI=1S/C11H17NO2S/c1-5-6-7(12)8(10(13)14)15-9(6)11(2,3)4/h5,12H2,1-4H3,(H,13,14). The Bertz CT molecular complexity index is 388. The number of carbonyl (C=O) groups is 1. The molecule has 0 atom stereocenters. The maximum atomic E-state index is 11.0. The molecule has 0 aliphatic heterocycles. The van der Waals surface area contributed by atoms with E-state index in [0.29, 0.717) is 5.69 Å². The van der Waals surface area contributed by atoms with Gasteiger partial charge in [-0.15, -0.1) is 11.3 Å². The smallest absolute Gasteiger partial charge is 0.348 e. The van der Waals surface area contributed by atoms with Gasteiger partial charge in [0, 0.05) is 4.88 Å². The fourth-order valence-electron chi connectivity index (χ4n) is 1.59. The highest BCUT2D eigenvalue weighted by Gasteiger charge is 2.26. The molecule has 0 bridgehead atoms. The Kier molecular flexibility index (Phi) is 3.09. The summed E-state index contributed by atoms with van der Waals surface area (Å²) in [6, 6.07) is 0. The van der Waals surface area contributed by atoms with Gasteiger partial charge in [0.05, 0.1) is 5.69 Å². The van der Waals surface area contributed by atoms with Gasteiger partial charge in [-0.05, 0) is 17.4 Å². The van der Waals surface area contributed by atoms with E-state index in [0.717, 1.165) is 16.9 Å². The summed E-state index contributed by atoms with van der Waals surface area (Å²) in [5, 5.41) is 9.00. The largest absolute Gasteiger partial charge is 0.477 e. The summed E-state index contributed by atoms with van der Waals surface area (Å²) in [6.07, 6.45) is 0.780. The lowest BCUT2D eigenvalue weighted by Gasteiger charge is -2.18. The fraction of sp³-hybridized carbons (Fsp3) is 0.545. The number of anilines is 1. The van der Waals surface area contributed by atoms with Gasteiger partial charge < -0.3 is 10.8 Å². The molecule has 0 spiro atoms. The van der Waals surface area contributed by atoms with E-state index in [1.54, 1.807) is 0 Å². The van der Waals surface area contributed by atoms with Crippen LogP contribution in [0.2, 0.25) is 0 Å². The normalized spacial score (nSPS) is 11.7. The molecule has 0 unspecified atom stereocenters. The summed E-state index contributed by atoms with van der Waals surface area (Å²) in [5.41, 5.74) is 7.23. The zero-order valence-electron chi connectivity index (χ0n) is 9.55. The summed E-state index contributed by atoms with van der Waals surface area (Å²) >= 11 is 1.30. The molecule has 0 saturated carbocycles. The minimum absolute atomic E-state index is 0.0438. The number of carboxylic acid groups (broad SMARTS) is 1.